The topological polar surface area (TPSA) is 72.2 Å². The van der Waals surface area contributed by atoms with Gasteiger partial charge >= 0.3 is 0 Å². The summed E-state index contributed by atoms with van der Waals surface area (Å²) in [6.45, 7) is 4.08. The zero-order valence-electron chi connectivity index (χ0n) is 13.0. The highest BCUT2D eigenvalue weighted by Crippen LogP contribution is 2.17. The molecule has 1 aromatic heterocycles. The van der Waals surface area contributed by atoms with E-state index >= 15 is 0 Å². The van der Waals surface area contributed by atoms with Crippen molar-refractivity contribution in [3.05, 3.63) is 59.5 Å². The molecule has 0 saturated heterocycles. The van der Waals surface area contributed by atoms with Crippen LogP contribution in [-0.2, 0) is 16.4 Å². The van der Waals surface area contributed by atoms with Gasteiger partial charge in [-0.25, -0.2) is 18.1 Å². The summed E-state index contributed by atoms with van der Waals surface area (Å²) in [5.74, 6) is 0. The van der Waals surface area contributed by atoms with E-state index < -0.39 is 10.0 Å². The molecule has 0 radical (unpaired) electrons. The summed E-state index contributed by atoms with van der Waals surface area (Å²) in [5, 5.41) is 0. The first-order chi connectivity index (χ1) is 11.0. The van der Waals surface area contributed by atoms with Crippen LogP contribution in [0.3, 0.4) is 0 Å². The van der Waals surface area contributed by atoms with E-state index in [9.17, 15) is 8.42 Å². The minimum atomic E-state index is -3.49. The summed E-state index contributed by atoms with van der Waals surface area (Å²) >= 11 is 0. The molecule has 0 spiro atoms. The highest BCUT2D eigenvalue weighted by Gasteiger charge is 2.16. The fraction of sp³-hybridized carbons (Fsp3) is 0.235. The van der Waals surface area contributed by atoms with Crippen LogP contribution in [0, 0.1) is 13.8 Å². The second kappa shape index (κ2) is 6.14. The molecule has 0 amide bonds. The Balaban J connectivity index is 1.69. The Hall–Kier alpha value is -2.18. The van der Waals surface area contributed by atoms with Crippen LogP contribution < -0.4 is 4.72 Å². The SMILES string of the molecule is Cc1ccc(S(=O)(=O)NCCc2ccc3ocnc3c2)c(C)c1. The van der Waals surface area contributed by atoms with Crippen LogP contribution in [0.1, 0.15) is 16.7 Å². The lowest BCUT2D eigenvalue weighted by molar-refractivity contribution is 0.581. The molecule has 0 aliphatic rings. The van der Waals surface area contributed by atoms with Crippen molar-refractivity contribution in [2.75, 3.05) is 6.54 Å². The van der Waals surface area contributed by atoms with Gasteiger partial charge in [0.15, 0.2) is 12.0 Å². The Labute approximate surface area is 135 Å². The van der Waals surface area contributed by atoms with Gasteiger partial charge in [-0.1, -0.05) is 23.8 Å². The molecule has 120 valence electrons. The van der Waals surface area contributed by atoms with E-state index in [0.29, 0.717) is 17.9 Å². The first-order valence-electron chi connectivity index (χ1n) is 7.35. The average molecular weight is 330 g/mol. The third-order valence-electron chi connectivity index (χ3n) is 3.72. The van der Waals surface area contributed by atoms with E-state index in [1.807, 2.05) is 31.2 Å². The molecule has 0 aliphatic carbocycles. The lowest BCUT2D eigenvalue weighted by atomic mass is 10.1. The molecule has 0 atom stereocenters. The molecule has 2 aromatic carbocycles. The Kier molecular flexibility index (Phi) is 4.19. The molecule has 0 fully saturated rings. The van der Waals surface area contributed by atoms with E-state index in [2.05, 4.69) is 9.71 Å². The number of nitrogens with zero attached hydrogens (tertiary/aromatic N) is 1. The van der Waals surface area contributed by atoms with E-state index in [1.165, 1.54) is 6.39 Å². The van der Waals surface area contributed by atoms with Crippen molar-refractivity contribution >= 4 is 21.1 Å². The number of hydrogen-bond donors (Lipinski definition) is 1. The maximum absolute atomic E-state index is 12.4. The summed E-state index contributed by atoms with van der Waals surface area (Å²) < 4.78 is 32.6. The maximum Gasteiger partial charge on any atom is 0.240 e. The number of aryl methyl sites for hydroxylation is 2. The predicted octanol–water partition coefficient (Wildman–Crippen LogP) is 2.97. The third-order valence-corrected chi connectivity index (χ3v) is 5.34. The van der Waals surface area contributed by atoms with Crippen molar-refractivity contribution in [1.29, 1.82) is 0 Å². The van der Waals surface area contributed by atoms with Gasteiger partial charge in [-0.2, -0.15) is 0 Å². The number of sulfonamides is 1. The van der Waals surface area contributed by atoms with Crippen LogP contribution in [-0.4, -0.2) is 19.9 Å². The fourth-order valence-corrected chi connectivity index (χ4v) is 3.82. The van der Waals surface area contributed by atoms with Crippen molar-refractivity contribution in [2.24, 2.45) is 0 Å². The summed E-state index contributed by atoms with van der Waals surface area (Å²) in [5.41, 5.74) is 4.31. The summed E-state index contributed by atoms with van der Waals surface area (Å²) in [6.07, 6.45) is 1.99. The fourth-order valence-electron chi connectivity index (χ4n) is 2.57. The largest absolute Gasteiger partial charge is 0.443 e. The monoisotopic (exact) mass is 330 g/mol. The molecule has 0 aliphatic heterocycles. The van der Waals surface area contributed by atoms with Crippen LogP contribution in [0.5, 0.6) is 0 Å². The molecule has 0 unspecified atom stereocenters. The smallest absolute Gasteiger partial charge is 0.240 e. The van der Waals surface area contributed by atoms with Crippen LogP contribution in [0.4, 0.5) is 0 Å². The van der Waals surface area contributed by atoms with Crippen LogP contribution in [0.25, 0.3) is 11.1 Å². The van der Waals surface area contributed by atoms with Gasteiger partial charge in [0.2, 0.25) is 10.0 Å². The molecule has 0 saturated carbocycles. The number of oxazole rings is 1. The molecule has 0 bridgehead atoms. The van der Waals surface area contributed by atoms with E-state index in [4.69, 9.17) is 4.42 Å². The molecular formula is C17H18N2O3S. The molecule has 5 nitrogen and oxygen atoms in total. The van der Waals surface area contributed by atoms with Gasteiger partial charge in [0.1, 0.15) is 5.52 Å². The number of fused-ring (bicyclic) bond motifs is 1. The summed E-state index contributed by atoms with van der Waals surface area (Å²) in [6, 6.07) is 11.0. The summed E-state index contributed by atoms with van der Waals surface area (Å²) in [7, 11) is -3.49. The van der Waals surface area contributed by atoms with Gasteiger partial charge in [0, 0.05) is 6.54 Å². The van der Waals surface area contributed by atoms with Crippen molar-refractivity contribution in [1.82, 2.24) is 9.71 Å². The van der Waals surface area contributed by atoms with Crippen LogP contribution >= 0.6 is 0 Å². The molecular weight excluding hydrogens is 312 g/mol. The third kappa shape index (κ3) is 3.43. The Bertz CT molecular complexity index is 945. The molecule has 3 rings (SSSR count). The highest BCUT2D eigenvalue weighted by molar-refractivity contribution is 7.89. The number of benzene rings is 2. The standard InChI is InChI=1S/C17H18N2O3S/c1-12-3-6-17(13(2)9-12)23(20,21)19-8-7-14-4-5-16-15(10-14)18-11-22-16/h3-6,9-11,19H,7-8H2,1-2H3. The number of nitrogens with one attached hydrogen (secondary N) is 1. The van der Waals surface area contributed by atoms with Gasteiger partial charge < -0.3 is 4.42 Å². The predicted molar refractivity (Wildman–Crippen MR) is 88.8 cm³/mol. The number of hydrogen-bond acceptors (Lipinski definition) is 4. The Morgan fingerprint density at radius 1 is 1.13 bits per heavy atom. The zero-order valence-corrected chi connectivity index (χ0v) is 13.9. The van der Waals surface area contributed by atoms with E-state index in [-0.39, 0.29) is 0 Å². The maximum atomic E-state index is 12.4. The summed E-state index contributed by atoms with van der Waals surface area (Å²) in [4.78, 5) is 4.43. The van der Waals surface area contributed by atoms with Crippen LogP contribution in [0.2, 0.25) is 0 Å². The van der Waals surface area contributed by atoms with Crippen molar-refractivity contribution < 1.29 is 12.8 Å². The van der Waals surface area contributed by atoms with Crippen molar-refractivity contribution in [3.8, 4) is 0 Å². The first-order valence-corrected chi connectivity index (χ1v) is 8.83. The lowest BCUT2D eigenvalue weighted by Crippen LogP contribution is -2.26. The minimum Gasteiger partial charge on any atom is -0.443 e. The number of rotatable bonds is 5. The quantitative estimate of drug-likeness (QED) is 0.780. The lowest BCUT2D eigenvalue weighted by Gasteiger charge is -2.10. The van der Waals surface area contributed by atoms with Gasteiger partial charge in [-0.15, -0.1) is 0 Å². The molecule has 1 N–H and O–H groups in total. The first kappa shape index (κ1) is 15.7. The average Bonchev–Trinajstić information content (AvgIpc) is 2.94. The van der Waals surface area contributed by atoms with E-state index in [1.54, 1.807) is 19.1 Å². The van der Waals surface area contributed by atoms with Gasteiger partial charge in [-0.3, -0.25) is 0 Å². The Morgan fingerprint density at radius 2 is 1.96 bits per heavy atom. The second-order valence-corrected chi connectivity index (χ2v) is 7.31. The normalized spacial score (nSPS) is 11.9. The molecule has 6 heteroatoms. The van der Waals surface area contributed by atoms with Gasteiger partial charge in [0.05, 0.1) is 4.90 Å². The van der Waals surface area contributed by atoms with E-state index in [0.717, 1.165) is 27.8 Å². The molecule has 1 heterocycles. The minimum absolute atomic E-state index is 0.329. The van der Waals surface area contributed by atoms with Crippen molar-refractivity contribution in [2.45, 2.75) is 25.2 Å². The zero-order chi connectivity index (χ0) is 16.4. The van der Waals surface area contributed by atoms with Crippen LogP contribution in [0.15, 0.2) is 52.1 Å². The molecule has 3 aromatic rings. The van der Waals surface area contributed by atoms with Gasteiger partial charge in [-0.05, 0) is 49.6 Å². The second-order valence-electron chi connectivity index (χ2n) is 5.57. The number of aromatic nitrogens is 1. The molecule has 23 heavy (non-hydrogen) atoms. The van der Waals surface area contributed by atoms with Gasteiger partial charge in [0.25, 0.3) is 0 Å². The highest BCUT2D eigenvalue weighted by atomic mass is 32.2. The van der Waals surface area contributed by atoms with Crippen molar-refractivity contribution in [3.63, 3.8) is 0 Å². The Morgan fingerprint density at radius 3 is 2.74 bits per heavy atom.